The number of amides is 3. The summed E-state index contributed by atoms with van der Waals surface area (Å²) in [6.07, 6.45) is 0. The minimum absolute atomic E-state index is 0.153. The Balaban J connectivity index is 1.39. The molecule has 1 aliphatic heterocycles. The van der Waals surface area contributed by atoms with Gasteiger partial charge in [0.2, 0.25) is 0 Å². The number of carbonyl (C=O) groups excluding carboxylic acids is 2. The number of carbonyl (C=O) groups is 2. The van der Waals surface area contributed by atoms with Crippen LogP contribution < -0.4 is 10.1 Å². The number of benzene rings is 3. The van der Waals surface area contributed by atoms with Crippen LogP contribution in [-0.4, -0.2) is 59.6 Å². The Bertz CT molecular complexity index is 1510. The van der Waals surface area contributed by atoms with Gasteiger partial charge in [0.25, 0.3) is 5.91 Å². The maximum Gasteiger partial charge on any atom is 0.321 e. The number of rotatable bonds is 5. The molecule has 0 bridgehead atoms. The molecule has 1 aromatic heterocycles. The first kappa shape index (κ1) is 26.5. The van der Waals surface area contributed by atoms with Crippen LogP contribution >= 0.6 is 15.9 Å². The number of ether oxygens (including phenoxy) is 1. The Morgan fingerprint density at radius 1 is 0.897 bits per heavy atom. The summed E-state index contributed by atoms with van der Waals surface area (Å²) in [7, 11) is 1.59. The number of methoxy groups -OCH3 is 1. The molecule has 1 saturated heterocycles. The van der Waals surface area contributed by atoms with Gasteiger partial charge in [-0.15, -0.1) is 0 Å². The molecule has 9 heteroatoms. The topological polar surface area (TPSA) is 66.8 Å². The van der Waals surface area contributed by atoms with E-state index in [9.17, 15) is 14.0 Å². The fraction of sp³-hybridized carbons (Fsp3) is 0.200. The first-order chi connectivity index (χ1) is 18.9. The highest BCUT2D eigenvalue weighted by Crippen LogP contribution is 2.33. The Kier molecular flexibility index (Phi) is 7.70. The molecule has 1 aliphatic rings. The third-order valence-corrected chi connectivity index (χ3v) is 7.41. The monoisotopic (exact) mass is 590 g/mol. The van der Waals surface area contributed by atoms with Gasteiger partial charge < -0.3 is 24.4 Å². The summed E-state index contributed by atoms with van der Waals surface area (Å²) in [4.78, 5) is 29.9. The maximum atomic E-state index is 15.0. The molecule has 200 valence electrons. The van der Waals surface area contributed by atoms with Crippen molar-refractivity contribution in [2.24, 2.45) is 0 Å². The first-order valence-electron chi connectivity index (χ1n) is 12.6. The van der Waals surface area contributed by atoms with Crippen molar-refractivity contribution in [3.63, 3.8) is 0 Å². The van der Waals surface area contributed by atoms with Crippen LogP contribution in [-0.2, 0) is 0 Å². The number of hydrogen-bond donors (Lipinski definition) is 1. The van der Waals surface area contributed by atoms with Crippen molar-refractivity contribution in [3.05, 3.63) is 100 Å². The van der Waals surface area contributed by atoms with Crippen LogP contribution in [0, 0.1) is 12.7 Å². The van der Waals surface area contributed by atoms with Gasteiger partial charge in [0.05, 0.1) is 24.1 Å². The van der Waals surface area contributed by atoms with Gasteiger partial charge in [-0.25, -0.2) is 9.18 Å². The lowest BCUT2D eigenvalue weighted by Gasteiger charge is -2.34. The number of nitrogens with one attached hydrogen (secondary N) is 1. The van der Waals surface area contributed by atoms with E-state index in [1.165, 1.54) is 6.07 Å². The molecule has 4 aromatic rings. The largest absolute Gasteiger partial charge is 0.497 e. The standard InChI is InChI=1S/C30H28BrFN4O3/c1-20-25(29(37)34-14-16-35(17-15-34)30(38)33-23-12-10-22(31)11-13-23)19-28(21-6-5-7-24(18-21)39-2)36(20)27-9-4-3-8-26(27)32/h3-13,18-19H,14-17H2,1-2H3,(H,33,38). The molecule has 3 amide bonds. The minimum atomic E-state index is -0.384. The number of halogens is 2. The van der Waals surface area contributed by atoms with E-state index in [1.807, 2.05) is 61.5 Å². The average molecular weight is 591 g/mol. The summed E-state index contributed by atoms with van der Waals surface area (Å²) in [5, 5.41) is 2.90. The summed E-state index contributed by atoms with van der Waals surface area (Å²) >= 11 is 3.39. The molecule has 0 saturated carbocycles. The van der Waals surface area contributed by atoms with E-state index in [1.54, 1.807) is 39.7 Å². The Morgan fingerprint density at radius 2 is 1.59 bits per heavy atom. The zero-order chi connectivity index (χ0) is 27.5. The maximum absolute atomic E-state index is 15.0. The predicted octanol–water partition coefficient (Wildman–Crippen LogP) is 6.35. The second-order valence-corrected chi connectivity index (χ2v) is 10.2. The van der Waals surface area contributed by atoms with Gasteiger partial charge >= 0.3 is 6.03 Å². The summed E-state index contributed by atoms with van der Waals surface area (Å²) in [6, 6.07) is 23.0. The molecule has 2 heterocycles. The number of urea groups is 1. The third-order valence-electron chi connectivity index (χ3n) is 6.89. The second-order valence-electron chi connectivity index (χ2n) is 9.26. The summed E-state index contributed by atoms with van der Waals surface area (Å²) in [5.41, 5.74) is 3.68. The molecule has 0 spiro atoms. The highest BCUT2D eigenvalue weighted by Gasteiger charge is 2.28. The van der Waals surface area contributed by atoms with Gasteiger partial charge in [-0.1, -0.05) is 40.2 Å². The van der Waals surface area contributed by atoms with E-state index in [0.717, 1.165) is 10.0 Å². The molecule has 0 radical (unpaired) electrons. The van der Waals surface area contributed by atoms with Crippen molar-refractivity contribution in [1.82, 2.24) is 14.4 Å². The normalized spacial score (nSPS) is 13.3. The van der Waals surface area contributed by atoms with Crippen molar-refractivity contribution in [2.75, 3.05) is 38.6 Å². The molecular formula is C30H28BrFN4O3. The van der Waals surface area contributed by atoms with Crippen LogP contribution in [0.2, 0.25) is 0 Å². The number of hydrogen-bond acceptors (Lipinski definition) is 3. The van der Waals surface area contributed by atoms with E-state index < -0.39 is 0 Å². The zero-order valence-corrected chi connectivity index (χ0v) is 23.2. The van der Waals surface area contributed by atoms with Gasteiger partial charge in [-0.3, -0.25) is 4.79 Å². The van der Waals surface area contributed by atoms with Crippen LogP contribution in [0.1, 0.15) is 16.1 Å². The molecular weight excluding hydrogens is 563 g/mol. The summed E-state index contributed by atoms with van der Waals surface area (Å²) in [6.45, 7) is 3.43. The number of aromatic nitrogens is 1. The highest BCUT2D eigenvalue weighted by atomic mass is 79.9. The lowest BCUT2D eigenvalue weighted by Crippen LogP contribution is -2.51. The number of nitrogens with zero attached hydrogens (tertiary/aromatic N) is 3. The fourth-order valence-electron chi connectivity index (χ4n) is 4.78. The molecule has 7 nitrogen and oxygen atoms in total. The number of piperazine rings is 1. The van der Waals surface area contributed by atoms with E-state index in [4.69, 9.17) is 4.74 Å². The Morgan fingerprint density at radius 3 is 2.28 bits per heavy atom. The predicted molar refractivity (Wildman–Crippen MR) is 153 cm³/mol. The van der Waals surface area contributed by atoms with Crippen molar-refractivity contribution in [1.29, 1.82) is 0 Å². The van der Waals surface area contributed by atoms with Crippen molar-refractivity contribution >= 4 is 33.6 Å². The molecule has 0 aliphatic carbocycles. The molecule has 39 heavy (non-hydrogen) atoms. The van der Waals surface area contributed by atoms with Gasteiger partial charge in [0, 0.05) is 47.6 Å². The van der Waals surface area contributed by atoms with E-state index in [-0.39, 0.29) is 17.8 Å². The quantitative estimate of drug-likeness (QED) is 0.294. The van der Waals surface area contributed by atoms with E-state index in [0.29, 0.717) is 60.3 Å². The van der Waals surface area contributed by atoms with Gasteiger partial charge in [0.1, 0.15) is 11.6 Å². The van der Waals surface area contributed by atoms with Gasteiger partial charge in [0.15, 0.2) is 0 Å². The van der Waals surface area contributed by atoms with Gasteiger partial charge in [-0.2, -0.15) is 0 Å². The lowest BCUT2D eigenvalue weighted by atomic mass is 10.1. The minimum Gasteiger partial charge on any atom is -0.497 e. The molecule has 0 unspecified atom stereocenters. The number of anilines is 1. The van der Waals surface area contributed by atoms with Crippen LogP contribution in [0.5, 0.6) is 5.75 Å². The van der Waals surface area contributed by atoms with E-state index >= 15 is 0 Å². The Labute approximate surface area is 234 Å². The zero-order valence-electron chi connectivity index (χ0n) is 21.7. The molecule has 1 N–H and O–H groups in total. The van der Waals surface area contributed by atoms with Crippen LogP contribution in [0.3, 0.4) is 0 Å². The smallest absolute Gasteiger partial charge is 0.321 e. The molecule has 5 rings (SSSR count). The SMILES string of the molecule is COc1cccc(-c2cc(C(=O)N3CCN(C(=O)Nc4ccc(Br)cc4)CC3)c(C)n2-c2ccccc2F)c1. The van der Waals surface area contributed by atoms with Crippen molar-refractivity contribution in [3.8, 4) is 22.7 Å². The average Bonchev–Trinajstić information content (AvgIpc) is 3.31. The van der Waals surface area contributed by atoms with Crippen molar-refractivity contribution in [2.45, 2.75) is 6.92 Å². The highest BCUT2D eigenvalue weighted by molar-refractivity contribution is 9.10. The third kappa shape index (κ3) is 5.54. The van der Waals surface area contributed by atoms with Crippen LogP contribution in [0.4, 0.5) is 14.9 Å². The molecule has 1 fully saturated rings. The Hall–Kier alpha value is -4.11. The van der Waals surface area contributed by atoms with Gasteiger partial charge in [-0.05, 0) is 61.5 Å². The summed E-state index contributed by atoms with van der Waals surface area (Å²) < 4.78 is 23.1. The number of para-hydroxylation sites is 1. The lowest BCUT2D eigenvalue weighted by molar-refractivity contribution is 0.0671. The second kappa shape index (κ2) is 11.3. The summed E-state index contributed by atoms with van der Waals surface area (Å²) in [5.74, 6) is 0.126. The fourth-order valence-corrected chi connectivity index (χ4v) is 5.04. The molecule has 3 aromatic carbocycles. The van der Waals surface area contributed by atoms with E-state index in [2.05, 4.69) is 21.2 Å². The van der Waals surface area contributed by atoms with Crippen LogP contribution in [0.15, 0.2) is 83.3 Å². The van der Waals surface area contributed by atoms with Crippen molar-refractivity contribution < 1.29 is 18.7 Å². The first-order valence-corrected chi connectivity index (χ1v) is 13.4. The van der Waals surface area contributed by atoms with Crippen LogP contribution in [0.25, 0.3) is 16.9 Å². The molecule has 0 atom stereocenters.